The maximum atomic E-state index is 6.08. The summed E-state index contributed by atoms with van der Waals surface area (Å²) in [5.74, 6) is 0. The van der Waals surface area contributed by atoms with Crippen molar-refractivity contribution in [3.05, 3.63) is 41.3 Å². The molecule has 75 valence electrons. The molecule has 2 heteroatoms. The van der Waals surface area contributed by atoms with Crippen LogP contribution in [0.3, 0.4) is 0 Å². The van der Waals surface area contributed by atoms with Crippen molar-refractivity contribution in [3.8, 4) is 0 Å². The summed E-state index contributed by atoms with van der Waals surface area (Å²) in [6.07, 6.45) is 4.64. The van der Waals surface area contributed by atoms with E-state index in [1.807, 2.05) is 12.1 Å². The van der Waals surface area contributed by atoms with Gasteiger partial charge in [0.25, 0.3) is 0 Å². The van der Waals surface area contributed by atoms with Gasteiger partial charge >= 0.3 is 0 Å². The second-order valence-electron chi connectivity index (χ2n) is 3.72. The fourth-order valence-electron chi connectivity index (χ4n) is 1.82. The summed E-state index contributed by atoms with van der Waals surface area (Å²) in [6.45, 7) is 3.48. The molecule has 1 nitrogen and oxygen atoms in total. The molecule has 1 heterocycles. The summed E-state index contributed by atoms with van der Waals surface area (Å²) in [5.41, 5.74) is 1.26. The average Bonchev–Trinajstić information content (AvgIpc) is 2.69. The van der Waals surface area contributed by atoms with Gasteiger partial charge in [0, 0.05) is 18.1 Å². The highest BCUT2D eigenvalue weighted by atomic mass is 35.5. The van der Waals surface area contributed by atoms with Gasteiger partial charge in [0.15, 0.2) is 0 Å². The molecule has 1 aliphatic heterocycles. The van der Waals surface area contributed by atoms with E-state index < -0.39 is 0 Å². The third-order valence-corrected chi connectivity index (χ3v) is 3.06. The molecule has 1 aromatic carbocycles. The number of benzene rings is 1. The van der Waals surface area contributed by atoms with Crippen molar-refractivity contribution in [1.29, 1.82) is 0 Å². The molecular formula is C12H15ClN. The Kier molecular flexibility index (Phi) is 3.44. The molecule has 2 rings (SSSR count). The number of halogens is 1. The van der Waals surface area contributed by atoms with Crippen LogP contribution >= 0.6 is 11.6 Å². The van der Waals surface area contributed by atoms with Gasteiger partial charge in [0.05, 0.1) is 0 Å². The first kappa shape index (κ1) is 10.0. The predicted octanol–water partition coefficient (Wildman–Crippen LogP) is 2.79. The van der Waals surface area contributed by atoms with Gasteiger partial charge in [-0.05, 0) is 37.4 Å². The van der Waals surface area contributed by atoms with Gasteiger partial charge in [0.2, 0.25) is 0 Å². The Morgan fingerprint density at radius 3 is 2.86 bits per heavy atom. The van der Waals surface area contributed by atoms with Crippen molar-refractivity contribution in [1.82, 2.24) is 4.90 Å². The largest absolute Gasteiger partial charge is 0.303 e. The van der Waals surface area contributed by atoms with Crippen molar-refractivity contribution >= 4 is 11.6 Å². The maximum Gasteiger partial charge on any atom is 0.0438 e. The zero-order chi connectivity index (χ0) is 9.80. The highest BCUT2D eigenvalue weighted by Gasteiger charge is 2.11. The zero-order valence-corrected chi connectivity index (χ0v) is 9.00. The van der Waals surface area contributed by atoms with E-state index in [9.17, 15) is 0 Å². The molecule has 0 N–H and O–H groups in total. The minimum absolute atomic E-state index is 0.899. The molecule has 1 aliphatic rings. The Labute approximate surface area is 90.7 Å². The first-order valence-electron chi connectivity index (χ1n) is 5.14. The molecule has 1 aromatic rings. The summed E-state index contributed by atoms with van der Waals surface area (Å²) < 4.78 is 0. The van der Waals surface area contributed by atoms with E-state index in [0.717, 1.165) is 24.5 Å². The molecule has 0 aromatic heterocycles. The normalized spacial score (nSPS) is 17.5. The molecule has 0 bridgehead atoms. The Hall–Kier alpha value is -0.530. The van der Waals surface area contributed by atoms with Crippen LogP contribution in [0.15, 0.2) is 24.3 Å². The van der Waals surface area contributed by atoms with Crippen molar-refractivity contribution in [3.63, 3.8) is 0 Å². The van der Waals surface area contributed by atoms with E-state index >= 15 is 0 Å². The molecule has 0 saturated carbocycles. The molecule has 0 atom stereocenters. The minimum atomic E-state index is 0.899. The molecule has 1 fully saturated rings. The van der Waals surface area contributed by atoms with Crippen LogP contribution in [0.1, 0.15) is 12.0 Å². The Bertz CT molecular complexity index is 292. The van der Waals surface area contributed by atoms with Crippen LogP contribution in [0.2, 0.25) is 5.02 Å². The molecule has 0 amide bonds. The van der Waals surface area contributed by atoms with Crippen molar-refractivity contribution in [2.75, 3.05) is 19.6 Å². The van der Waals surface area contributed by atoms with Gasteiger partial charge < -0.3 is 4.90 Å². The highest BCUT2D eigenvalue weighted by Crippen LogP contribution is 2.16. The third kappa shape index (κ3) is 2.49. The SMILES string of the molecule is Clc1ccccc1CCN1C[CH]CC1. The second-order valence-corrected chi connectivity index (χ2v) is 4.13. The lowest BCUT2D eigenvalue weighted by molar-refractivity contribution is 0.349. The van der Waals surface area contributed by atoms with Crippen LogP contribution in [-0.4, -0.2) is 24.5 Å². The fraction of sp³-hybridized carbons (Fsp3) is 0.417. The smallest absolute Gasteiger partial charge is 0.0438 e. The molecule has 0 spiro atoms. The van der Waals surface area contributed by atoms with Gasteiger partial charge in [-0.15, -0.1) is 0 Å². The third-order valence-electron chi connectivity index (χ3n) is 2.69. The van der Waals surface area contributed by atoms with E-state index in [-0.39, 0.29) is 0 Å². The Balaban J connectivity index is 1.88. The summed E-state index contributed by atoms with van der Waals surface area (Å²) in [7, 11) is 0. The lowest BCUT2D eigenvalue weighted by Gasteiger charge is -2.14. The van der Waals surface area contributed by atoms with E-state index in [0.29, 0.717) is 0 Å². The van der Waals surface area contributed by atoms with Gasteiger partial charge in [-0.3, -0.25) is 0 Å². The van der Waals surface area contributed by atoms with Gasteiger partial charge in [-0.2, -0.15) is 0 Å². The average molecular weight is 209 g/mol. The molecular weight excluding hydrogens is 194 g/mol. The Morgan fingerprint density at radius 2 is 2.14 bits per heavy atom. The topological polar surface area (TPSA) is 3.24 Å². The standard InChI is InChI=1S/C12H15ClN/c13-12-6-2-1-5-11(12)7-10-14-8-3-4-9-14/h1-3,5-6H,4,7-10H2. The van der Waals surface area contributed by atoms with Gasteiger partial charge in [-0.1, -0.05) is 29.8 Å². The van der Waals surface area contributed by atoms with Crippen LogP contribution in [0.5, 0.6) is 0 Å². The number of hydrogen-bond acceptors (Lipinski definition) is 1. The van der Waals surface area contributed by atoms with Crippen LogP contribution in [0.25, 0.3) is 0 Å². The predicted molar refractivity (Wildman–Crippen MR) is 60.5 cm³/mol. The maximum absolute atomic E-state index is 6.08. The molecule has 0 aliphatic carbocycles. The fourth-order valence-corrected chi connectivity index (χ4v) is 2.05. The first-order valence-corrected chi connectivity index (χ1v) is 5.51. The number of rotatable bonds is 3. The Morgan fingerprint density at radius 1 is 1.29 bits per heavy atom. The summed E-state index contributed by atoms with van der Waals surface area (Å²) in [6, 6.07) is 8.11. The van der Waals surface area contributed by atoms with Gasteiger partial charge in [0.1, 0.15) is 0 Å². The number of nitrogens with zero attached hydrogens (tertiary/aromatic N) is 1. The van der Waals surface area contributed by atoms with E-state index in [2.05, 4.69) is 23.5 Å². The molecule has 1 saturated heterocycles. The number of likely N-dealkylation sites (tertiary alicyclic amines) is 1. The quantitative estimate of drug-likeness (QED) is 0.739. The summed E-state index contributed by atoms with van der Waals surface area (Å²) >= 11 is 6.08. The highest BCUT2D eigenvalue weighted by molar-refractivity contribution is 6.31. The van der Waals surface area contributed by atoms with Crippen LogP contribution in [-0.2, 0) is 6.42 Å². The van der Waals surface area contributed by atoms with E-state index in [1.54, 1.807) is 0 Å². The lowest BCUT2D eigenvalue weighted by atomic mass is 10.1. The summed E-state index contributed by atoms with van der Waals surface area (Å²) in [4.78, 5) is 2.46. The van der Waals surface area contributed by atoms with E-state index in [1.165, 1.54) is 18.5 Å². The molecule has 14 heavy (non-hydrogen) atoms. The van der Waals surface area contributed by atoms with Crippen molar-refractivity contribution in [2.24, 2.45) is 0 Å². The van der Waals surface area contributed by atoms with Crippen molar-refractivity contribution < 1.29 is 0 Å². The summed E-state index contributed by atoms with van der Waals surface area (Å²) in [5, 5.41) is 0.899. The number of hydrogen-bond donors (Lipinski definition) is 0. The van der Waals surface area contributed by atoms with Crippen LogP contribution in [0, 0.1) is 6.42 Å². The monoisotopic (exact) mass is 208 g/mol. The van der Waals surface area contributed by atoms with Gasteiger partial charge in [-0.25, -0.2) is 0 Å². The molecule has 1 radical (unpaired) electrons. The van der Waals surface area contributed by atoms with Crippen molar-refractivity contribution in [2.45, 2.75) is 12.8 Å². The lowest BCUT2D eigenvalue weighted by Crippen LogP contribution is -2.22. The molecule has 0 unspecified atom stereocenters. The minimum Gasteiger partial charge on any atom is -0.303 e. The zero-order valence-electron chi connectivity index (χ0n) is 8.25. The van der Waals surface area contributed by atoms with Crippen LogP contribution < -0.4 is 0 Å². The van der Waals surface area contributed by atoms with Crippen LogP contribution in [0.4, 0.5) is 0 Å². The van der Waals surface area contributed by atoms with E-state index in [4.69, 9.17) is 11.6 Å². The first-order chi connectivity index (χ1) is 6.86. The second kappa shape index (κ2) is 4.81.